The Kier molecular flexibility index (Phi) is 4.55. The Balaban J connectivity index is 2.08. The van der Waals surface area contributed by atoms with E-state index in [1.54, 1.807) is 18.2 Å². The van der Waals surface area contributed by atoms with Gasteiger partial charge in [-0.3, -0.25) is 9.59 Å². The molecule has 1 aliphatic rings. The molecule has 108 valence electrons. The van der Waals surface area contributed by atoms with Crippen molar-refractivity contribution >= 4 is 40.7 Å². The van der Waals surface area contributed by atoms with Gasteiger partial charge < -0.3 is 10.6 Å². The Labute approximate surface area is 127 Å². The van der Waals surface area contributed by atoms with Crippen LogP contribution < -0.4 is 10.6 Å². The van der Waals surface area contributed by atoms with Gasteiger partial charge in [0, 0.05) is 6.54 Å². The molecule has 1 fully saturated rings. The zero-order valence-electron chi connectivity index (χ0n) is 11.1. The van der Waals surface area contributed by atoms with Crippen LogP contribution in [0.3, 0.4) is 0 Å². The van der Waals surface area contributed by atoms with E-state index in [9.17, 15) is 9.59 Å². The number of carbonyl (C=O) groups is 2. The molecule has 0 heterocycles. The van der Waals surface area contributed by atoms with Crippen LogP contribution in [0.25, 0.3) is 0 Å². The molecule has 0 spiro atoms. The lowest BCUT2D eigenvalue weighted by molar-refractivity contribution is -0.134. The molecule has 1 aromatic rings. The Morgan fingerprint density at radius 1 is 1.25 bits per heavy atom. The quantitative estimate of drug-likeness (QED) is 0.820. The average Bonchev–Trinajstić information content (AvgIpc) is 3.23. The molecule has 0 bridgehead atoms. The first-order valence-electron chi connectivity index (χ1n) is 6.55. The molecule has 0 aromatic heterocycles. The molecule has 20 heavy (non-hydrogen) atoms. The molecule has 0 unspecified atom stereocenters. The van der Waals surface area contributed by atoms with Crippen molar-refractivity contribution in [3.8, 4) is 0 Å². The summed E-state index contributed by atoms with van der Waals surface area (Å²) in [5.74, 6) is -0.537. The molecule has 2 rings (SSSR count). The van der Waals surface area contributed by atoms with E-state index in [0.717, 1.165) is 6.42 Å². The third-order valence-corrected chi connectivity index (χ3v) is 4.17. The van der Waals surface area contributed by atoms with Gasteiger partial charge in [-0.05, 0) is 31.4 Å². The summed E-state index contributed by atoms with van der Waals surface area (Å²) in [6, 6.07) is 4.99. The van der Waals surface area contributed by atoms with Crippen LogP contribution in [0.4, 0.5) is 5.69 Å². The number of hydrogen-bond acceptors (Lipinski definition) is 2. The molecule has 0 aliphatic heterocycles. The van der Waals surface area contributed by atoms with E-state index in [-0.39, 0.29) is 16.8 Å². The molecule has 4 nitrogen and oxygen atoms in total. The van der Waals surface area contributed by atoms with Gasteiger partial charge in [-0.15, -0.1) is 0 Å². The SMILES string of the molecule is CCCNC(=O)C1(C(=O)Nc2cccc(Cl)c2Cl)CC1. The van der Waals surface area contributed by atoms with Crippen LogP contribution in [0.1, 0.15) is 26.2 Å². The molecule has 2 N–H and O–H groups in total. The number of benzene rings is 1. The lowest BCUT2D eigenvalue weighted by Crippen LogP contribution is -2.40. The van der Waals surface area contributed by atoms with E-state index in [1.165, 1.54) is 0 Å². The minimum atomic E-state index is -0.944. The fourth-order valence-corrected chi connectivity index (χ4v) is 2.28. The highest BCUT2D eigenvalue weighted by Crippen LogP contribution is 2.47. The smallest absolute Gasteiger partial charge is 0.240 e. The lowest BCUT2D eigenvalue weighted by atomic mass is 10.0. The van der Waals surface area contributed by atoms with Crippen LogP contribution in [-0.2, 0) is 9.59 Å². The Morgan fingerprint density at radius 2 is 1.95 bits per heavy atom. The Hall–Kier alpha value is -1.26. The predicted molar refractivity (Wildman–Crippen MR) is 80.1 cm³/mol. The highest BCUT2D eigenvalue weighted by Gasteiger charge is 2.56. The summed E-state index contributed by atoms with van der Waals surface area (Å²) >= 11 is 11.9. The van der Waals surface area contributed by atoms with Gasteiger partial charge in [0.2, 0.25) is 11.8 Å². The van der Waals surface area contributed by atoms with E-state index in [1.807, 2.05) is 6.92 Å². The van der Waals surface area contributed by atoms with Crippen molar-refractivity contribution in [1.29, 1.82) is 0 Å². The normalized spacial score (nSPS) is 15.6. The standard InChI is InChI=1S/C14H16Cl2N2O2/c1-2-8-17-12(19)14(6-7-14)13(20)18-10-5-3-4-9(15)11(10)16/h3-5H,2,6-8H2,1H3,(H,17,19)(H,18,20). The molecule has 6 heteroatoms. The Bertz CT molecular complexity index is 542. The molecule has 0 saturated heterocycles. The number of carbonyl (C=O) groups excluding carboxylic acids is 2. The van der Waals surface area contributed by atoms with Gasteiger partial charge in [0.25, 0.3) is 0 Å². The maximum Gasteiger partial charge on any atom is 0.240 e. The first kappa shape index (κ1) is 15.1. The maximum absolute atomic E-state index is 12.3. The van der Waals surface area contributed by atoms with Gasteiger partial charge >= 0.3 is 0 Å². The van der Waals surface area contributed by atoms with Crippen molar-refractivity contribution in [3.63, 3.8) is 0 Å². The van der Waals surface area contributed by atoms with Gasteiger partial charge in [-0.1, -0.05) is 36.2 Å². The highest BCUT2D eigenvalue weighted by molar-refractivity contribution is 6.44. The van der Waals surface area contributed by atoms with Crippen molar-refractivity contribution in [3.05, 3.63) is 28.2 Å². The monoisotopic (exact) mass is 314 g/mol. The summed E-state index contributed by atoms with van der Waals surface area (Å²) in [7, 11) is 0. The molecule has 0 atom stereocenters. The number of nitrogens with one attached hydrogen (secondary N) is 2. The van der Waals surface area contributed by atoms with E-state index >= 15 is 0 Å². The number of amides is 2. The van der Waals surface area contributed by atoms with Crippen LogP contribution in [0.15, 0.2) is 18.2 Å². The number of anilines is 1. The lowest BCUT2D eigenvalue weighted by Gasteiger charge is -2.16. The first-order valence-corrected chi connectivity index (χ1v) is 7.30. The molecule has 1 aliphatic carbocycles. The minimum absolute atomic E-state index is 0.213. The zero-order chi connectivity index (χ0) is 14.8. The van der Waals surface area contributed by atoms with Gasteiger partial charge in [0.15, 0.2) is 0 Å². The fourth-order valence-electron chi connectivity index (χ4n) is 1.93. The Morgan fingerprint density at radius 3 is 2.55 bits per heavy atom. The van der Waals surface area contributed by atoms with Gasteiger partial charge in [-0.25, -0.2) is 0 Å². The van der Waals surface area contributed by atoms with E-state index in [2.05, 4.69) is 10.6 Å². The second kappa shape index (κ2) is 6.02. The maximum atomic E-state index is 12.3. The predicted octanol–water partition coefficient (Wildman–Crippen LogP) is 3.24. The third-order valence-electron chi connectivity index (χ3n) is 3.35. The summed E-state index contributed by atoms with van der Waals surface area (Å²) < 4.78 is 0. The van der Waals surface area contributed by atoms with Crippen molar-refractivity contribution < 1.29 is 9.59 Å². The largest absolute Gasteiger partial charge is 0.355 e. The molecule has 1 aromatic carbocycles. The number of halogens is 2. The van der Waals surface area contributed by atoms with Gasteiger partial charge in [0.1, 0.15) is 5.41 Å². The van der Waals surface area contributed by atoms with Crippen LogP contribution in [-0.4, -0.2) is 18.4 Å². The van der Waals surface area contributed by atoms with E-state index in [4.69, 9.17) is 23.2 Å². The first-order chi connectivity index (χ1) is 9.51. The van der Waals surface area contributed by atoms with Gasteiger partial charge in [0.05, 0.1) is 15.7 Å². The van der Waals surface area contributed by atoms with Crippen LogP contribution in [0.5, 0.6) is 0 Å². The summed E-state index contributed by atoms with van der Waals surface area (Å²) in [5.41, 5.74) is -0.514. The van der Waals surface area contributed by atoms with E-state index in [0.29, 0.717) is 30.1 Å². The zero-order valence-corrected chi connectivity index (χ0v) is 12.6. The van der Waals surface area contributed by atoms with Crippen molar-refractivity contribution in [1.82, 2.24) is 5.32 Å². The summed E-state index contributed by atoms with van der Waals surface area (Å²) in [6.45, 7) is 2.54. The van der Waals surface area contributed by atoms with E-state index < -0.39 is 5.41 Å². The highest BCUT2D eigenvalue weighted by atomic mass is 35.5. The van der Waals surface area contributed by atoms with Crippen molar-refractivity contribution in [2.45, 2.75) is 26.2 Å². The van der Waals surface area contributed by atoms with Crippen molar-refractivity contribution in [2.75, 3.05) is 11.9 Å². The second-order valence-electron chi connectivity index (χ2n) is 4.89. The third kappa shape index (κ3) is 2.91. The minimum Gasteiger partial charge on any atom is -0.355 e. The molecule has 0 radical (unpaired) electrons. The second-order valence-corrected chi connectivity index (χ2v) is 5.68. The van der Waals surface area contributed by atoms with Crippen LogP contribution in [0.2, 0.25) is 10.0 Å². The number of hydrogen-bond donors (Lipinski definition) is 2. The molecular weight excluding hydrogens is 299 g/mol. The summed E-state index contributed by atoms with van der Waals surface area (Å²) in [6.07, 6.45) is 1.96. The average molecular weight is 315 g/mol. The number of rotatable bonds is 5. The van der Waals surface area contributed by atoms with Gasteiger partial charge in [-0.2, -0.15) is 0 Å². The fraction of sp³-hybridized carbons (Fsp3) is 0.429. The summed E-state index contributed by atoms with van der Waals surface area (Å²) in [5, 5.41) is 6.11. The van der Waals surface area contributed by atoms with Crippen LogP contribution >= 0.6 is 23.2 Å². The molecule has 1 saturated carbocycles. The molecule has 2 amide bonds. The summed E-state index contributed by atoms with van der Waals surface area (Å²) in [4.78, 5) is 24.3. The molecular formula is C14H16Cl2N2O2. The van der Waals surface area contributed by atoms with Crippen LogP contribution in [0, 0.1) is 5.41 Å². The van der Waals surface area contributed by atoms with Crippen molar-refractivity contribution in [2.24, 2.45) is 5.41 Å². The topological polar surface area (TPSA) is 58.2 Å².